The van der Waals surface area contributed by atoms with E-state index in [1.165, 1.54) is 11.8 Å². The summed E-state index contributed by atoms with van der Waals surface area (Å²) >= 11 is 1.44. The number of nitrogens with zero attached hydrogens (tertiary/aromatic N) is 2. The Bertz CT molecular complexity index is 624. The standard InChI is InChI=1S/C18H30N4O3S/c1-11(2)10-13(15-21-22-17(25-15)26-12(3)4)14(23)20-16(24)18(19)8-6-5-7-9-18/h11-13H,5-10,19H2,1-4H3,(H,20,23,24)/t13-/m1/s1. The van der Waals surface area contributed by atoms with Crippen LogP contribution in [0.2, 0.25) is 0 Å². The van der Waals surface area contributed by atoms with Crippen molar-refractivity contribution in [1.29, 1.82) is 0 Å². The van der Waals surface area contributed by atoms with Gasteiger partial charge < -0.3 is 10.2 Å². The summed E-state index contributed by atoms with van der Waals surface area (Å²) in [5.41, 5.74) is 5.28. The van der Waals surface area contributed by atoms with Crippen LogP contribution >= 0.6 is 11.8 Å². The minimum atomic E-state index is -0.955. The highest BCUT2D eigenvalue weighted by atomic mass is 32.2. The maximum absolute atomic E-state index is 12.8. The van der Waals surface area contributed by atoms with E-state index in [1.807, 2.05) is 27.7 Å². The molecule has 0 saturated heterocycles. The Hall–Kier alpha value is -1.41. The fourth-order valence-electron chi connectivity index (χ4n) is 3.14. The number of aromatic nitrogens is 2. The molecular weight excluding hydrogens is 352 g/mol. The lowest BCUT2D eigenvalue weighted by Crippen LogP contribution is -2.56. The van der Waals surface area contributed by atoms with E-state index in [9.17, 15) is 9.59 Å². The van der Waals surface area contributed by atoms with Gasteiger partial charge in [-0.1, -0.05) is 58.7 Å². The molecule has 26 heavy (non-hydrogen) atoms. The molecule has 0 spiro atoms. The zero-order chi connectivity index (χ0) is 19.3. The van der Waals surface area contributed by atoms with Crippen LogP contribution in [0.5, 0.6) is 0 Å². The topological polar surface area (TPSA) is 111 Å². The van der Waals surface area contributed by atoms with Crippen molar-refractivity contribution in [3.63, 3.8) is 0 Å². The molecule has 2 amide bonds. The third-order valence-electron chi connectivity index (χ3n) is 4.52. The van der Waals surface area contributed by atoms with Crippen LogP contribution in [0.25, 0.3) is 0 Å². The Labute approximate surface area is 159 Å². The third-order valence-corrected chi connectivity index (χ3v) is 5.35. The molecule has 8 heteroatoms. The van der Waals surface area contributed by atoms with Crippen molar-refractivity contribution >= 4 is 23.6 Å². The summed E-state index contributed by atoms with van der Waals surface area (Å²) in [6, 6.07) is 0. The number of carbonyl (C=O) groups excluding carboxylic acids is 2. The highest BCUT2D eigenvalue weighted by Gasteiger charge is 2.38. The van der Waals surface area contributed by atoms with Crippen molar-refractivity contribution in [2.75, 3.05) is 0 Å². The lowest BCUT2D eigenvalue weighted by atomic mass is 9.81. The normalized spacial score (nSPS) is 18.1. The number of carbonyl (C=O) groups is 2. The summed E-state index contributed by atoms with van der Waals surface area (Å²) < 4.78 is 5.67. The first-order chi connectivity index (χ1) is 12.2. The Kier molecular flexibility index (Phi) is 7.23. The molecular formula is C18H30N4O3S. The molecule has 0 unspecified atom stereocenters. The maximum Gasteiger partial charge on any atom is 0.276 e. The van der Waals surface area contributed by atoms with Gasteiger partial charge in [-0.3, -0.25) is 14.9 Å². The number of imide groups is 1. The molecule has 0 aromatic carbocycles. The minimum absolute atomic E-state index is 0.232. The molecule has 1 aromatic rings. The van der Waals surface area contributed by atoms with E-state index < -0.39 is 23.3 Å². The molecule has 1 heterocycles. The fraction of sp³-hybridized carbons (Fsp3) is 0.778. The van der Waals surface area contributed by atoms with Gasteiger partial charge in [-0.15, -0.1) is 10.2 Å². The van der Waals surface area contributed by atoms with Gasteiger partial charge in [0.25, 0.3) is 5.22 Å². The smallest absolute Gasteiger partial charge is 0.276 e. The highest BCUT2D eigenvalue weighted by molar-refractivity contribution is 7.99. The molecule has 1 aliphatic carbocycles. The van der Waals surface area contributed by atoms with Crippen LogP contribution in [0.3, 0.4) is 0 Å². The first-order valence-electron chi connectivity index (χ1n) is 9.35. The fourth-order valence-corrected chi connectivity index (χ4v) is 3.76. The predicted molar refractivity (Wildman–Crippen MR) is 101 cm³/mol. The molecule has 3 N–H and O–H groups in total. The molecule has 1 fully saturated rings. The van der Waals surface area contributed by atoms with Crippen molar-refractivity contribution in [3.8, 4) is 0 Å². The van der Waals surface area contributed by atoms with E-state index in [0.29, 0.717) is 29.7 Å². The Balaban J connectivity index is 2.11. The SMILES string of the molecule is CC(C)C[C@H](C(=O)NC(=O)C1(N)CCCCC1)c1nnc(SC(C)C)o1. The second-order valence-corrected chi connectivity index (χ2v) is 9.32. The Morgan fingerprint density at radius 1 is 1.19 bits per heavy atom. The van der Waals surface area contributed by atoms with E-state index in [0.717, 1.165) is 19.3 Å². The van der Waals surface area contributed by atoms with Crippen LogP contribution < -0.4 is 11.1 Å². The summed E-state index contributed by atoms with van der Waals surface area (Å²) in [7, 11) is 0. The maximum atomic E-state index is 12.8. The molecule has 146 valence electrons. The van der Waals surface area contributed by atoms with Crippen LogP contribution in [0.15, 0.2) is 9.64 Å². The average Bonchev–Trinajstić information content (AvgIpc) is 3.00. The van der Waals surface area contributed by atoms with E-state index in [2.05, 4.69) is 15.5 Å². The third kappa shape index (κ3) is 5.54. The van der Waals surface area contributed by atoms with Crippen molar-refractivity contribution < 1.29 is 14.0 Å². The lowest BCUT2D eigenvalue weighted by molar-refractivity contribution is -0.135. The second kappa shape index (κ2) is 8.99. The molecule has 0 radical (unpaired) electrons. The minimum Gasteiger partial charge on any atom is -0.415 e. The average molecular weight is 383 g/mol. The van der Waals surface area contributed by atoms with Gasteiger partial charge in [0.1, 0.15) is 5.92 Å². The van der Waals surface area contributed by atoms with Gasteiger partial charge in [-0.2, -0.15) is 0 Å². The summed E-state index contributed by atoms with van der Waals surface area (Å²) in [4.78, 5) is 25.4. The number of amides is 2. The van der Waals surface area contributed by atoms with Gasteiger partial charge in [0.05, 0.1) is 5.54 Å². The Morgan fingerprint density at radius 3 is 2.42 bits per heavy atom. The van der Waals surface area contributed by atoms with Crippen LogP contribution in [-0.2, 0) is 9.59 Å². The van der Waals surface area contributed by atoms with Crippen molar-refractivity contribution in [2.45, 2.75) is 88.1 Å². The van der Waals surface area contributed by atoms with Crippen molar-refractivity contribution in [3.05, 3.63) is 5.89 Å². The van der Waals surface area contributed by atoms with Crippen molar-refractivity contribution in [1.82, 2.24) is 15.5 Å². The summed E-state index contributed by atoms with van der Waals surface area (Å²) in [5.74, 6) is -0.978. The first-order valence-corrected chi connectivity index (χ1v) is 10.2. The van der Waals surface area contributed by atoms with Gasteiger partial charge in [-0.05, 0) is 25.2 Å². The monoisotopic (exact) mass is 382 g/mol. The van der Waals surface area contributed by atoms with E-state index in [4.69, 9.17) is 10.2 Å². The summed E-state index contributed by atoms with van der Waals surface area (Å²) in [6.45, 7) is 8.06. The zero-order valence-electron chi connectivity index (χ0n) is 16.1. The van der Waals surface area contributed by atoms with Crippen molar-refractivity contribution in [2.24, 2.45) is 11.7 Å². The molecule has 7 nitrogen and oxygen atoms in total. The van der Waals surface area contributed by atoms with E-state index in [-0.39, 0.29) is 11.8 Å². The molecule has 2 rings (SSSR count). The quantitative estimate of drug-likeness (QED) is 0.697. The molecule has 0 bridgehead atoms. The summed E-state index contributed by atoms with van der Waals surface area (Å²) in [5, 5.41) is 11.3. The van der Waals surface area contributed by atoms with E-state index >= 15 is 0 Å². The van der Waals surface area contributed by atoms with Crippen LogP contribution in [0, 0.1) is 5.92 Å². The van der Waals surface area contributed by atoms with Gasteiger partial charge in [0, 0.05) is 5.25 Å². The molecule has 1 saturated carbocycles. The van der Waals surface area contributed by atoms with Gasteiger partial charge in [0.2, 0.25) is 17.7 Å². The highest BCUT2D eigenvalue weighted by Crippen LogP contribution is 2.29. The number of thioether (sulfide) groups is 1. The number of hydrogen-bond acceptors (Lipinski definition) is 7. The largest absolute Gasteiger partial charge is 0.415 e. The van der Waals surface area contributed by atoms with Crippen LogP contribution in [-0.4, -0.2) is 32.8 Å². The van der Waals surface area contributed by atoms with Crippen LogP contribution in [0.1, 0.15) is 78.0 Å². The molecule has 1 atom stereocenters. The summed E-state index contributed by atoms with van der Waals surface area (Å²) in [6.07, 6.45) is 4.63. The number of nitrogens with one attached hydrogen (secondary N) is 1. The van der Waals surface area contributed by atoms with E-state index in [1.54, 1.807) is 0 Å². The number of nitrogens with two attached hydrogens (primary N) is 1. The zero-order valence-corrected chi connectivity index (χ0v) is 16.9. The lowest BCUT2D eigenvalue weighted by Gasteiger charge is -2.31. The second-order valence-electron chi connectivity index (χ2n) is 7.79. The molecule has 1 aliphatic rings. The first kappa shape index (κ1) is 20.9. The van der Waals surface area contributed by atoms with Gasteiger partial charge in [-0.25, -0.2) is 0 Å². The van der Waals surface area contributed by atoms with Gasteiger partial charge in [0.15, 0.2) is 0 Å². The number of rotatable bonds is 7. The van der Waals surface area contributed by atoms with Crippen LogP contribution in [0.4, 0.5) is 0 Å². The Morgan fingerprint density at radius 2 is 1.85 bits per heavy atom. The molecule has 1 aromatic heterocycles. The molecule has 0 aliphatic heterocycles. The predicted octanol–water partition coefficient (Wildman–Crippen LogP) is 3.00. The number of hydrogen-bond donors (Lipinski definition) is 2. The van der Waals surface area contributed by atoms with Gasteiger partial charge >= 0.3 is 0 Å².